The Bertz CT molecular complexity index is 437. The van der Waals surface area contributed by atoms with Gasteiger partial charge in [0.05, 0.1) is 11.3 Å². The summed E-state index contributed by atoms with van der Waals surface area (Å²) in [6, 6.07) is 4.95. The first-order valence-corrected chi connectivity index (χ1v) is 6.14. The zero-order valence-electron chi connectivity index (χ0n) is 9.98. The van der Waals surface area contributed by atoms with Crippen molar-refractivity contribution in [1.29, 1.82) is 0 Å². The molecule has 0 aliphatic carbocycles. The van der Waals surface area contributed by atoms with Gasteiger partial charge in [-0.3, -0.25) is 0 Å². The topological polar surface area (TPSA) is 40.5 Å². The van der Waals surface area contributed by atoms with Gasteiger partial charge in [-0.15, -0.1) is 0 Å². The molecule has 1 fully saturated rings. The second kappa shape index (κ2) is 4.57. The second-order valence-corrected chi connectivity index (χ2v) is 5.26. The summed E-state index contributed by atoms with van der Waals surface area (Å²) in [6.07, 6.45) is 0. The normalized spacial score (nSPS) is 24.1. The van der Waals surface area contributed by atoms with Gasteiger partial charge in [-0.25, -0.2) is 4.79 Å². The molecular weight excluding hydrogens is 238 g/mol. The summed E-state index contributed by atoms with van der Waals surface area (Å²) in [6.45, 7) is 6.16. The molecule has 0 spiro atoms. The lowest BCUT2D eigenvalue weighted by Crippen LogP contribution is -2.22. The van der Waals surface area contributed by atoms with Crippen LogP contribution in [0.5, 0.6) is 0 Å². The molecule has 92 valence electrons. The predicted molar refractivity (Wildman–Crippen MR) is 69.0 cm³/mol. The van der Waals surface area contributed by atoms with E-state index in [0.29, 0.717) is 22.4 Å². The molecule has 0 bridgehead atoms. The Hall–Kier alpha value is -1.22. The molecule has 17 heavy (non-hydrogen) atoms. The van der Waals surface area contributed by atoms with Crippen molar-refractivity contribution in [1.82, 2.24) is 0 Å². The van der Waals surface area contributed by atoms with Crippen LogP contribution >= 0.6 is 11.6 Å². The minimum Gasteiger partial charge on any atom is -0.478 e. The number of benzene rings is 1. The third kappa shape index (κ3) is 2.39. The maximum absolute atomic E-state index is 11.2. The molecular formula is C13H16ClNO2. The van der Waals surface area contributed by atoms with Crippen LogP contribution in [0, 0.1) is 11.8 Å². The number of carboxylic acids is 1. The third-order valence-corrected chi connectivity index (χ3v) is 3.75. The lowest BCUT2D eigenvalue weighted by Gasteiger charge is -2.20. The fourth-order valence-electron chi connectivity index (χ4n) is 2.27. The smallest absolute Gasteiger partial charge is 0.337 e. The number of halogens is 1. The largest absolute Gasteiger partial charge is 0.478 e. The minimum absolute atomic E-state index is 0.329. The molecule has 0 aromatic heterocycles. The van der Waals surface area contributed by atoms with Gasteiger partial charge < -0.3 is 10.0 Å². The van der Waals surface area contributed by atoms with Gasteiger partial charge in [-0.2, -0.15) is 0 Å². The molecule has 0 saturated carbocycles. The van der Waals surface area contributed by atoms with E-state index in [1.807, 2.05) is 0 Å². The molecule has 0 amide bonds. The standard InChI is InChI=1S/C13H16ClNO2/c1-8-6-15(7-9(8)2)12-5-10(14)3-4-11(12)13(16)17/h3-5,8-9H,6-7H2,1-2H3,(H,16,17). The third-order valence-electron chi connectivity index (χ3n) is 3.52. The monoisotopic (exact) mass is 253 g/mol. The molecule has 1 N–H and O–H groups in total. The number of anilines is 1. The maximum atomic E-state index is 11.2. The van der Waals surface area contributed by atoms with Crippen molar-refractivity contribution in [2.45, 2.75) is 13.8 Å². The van der Waals surface area contributed by atoms with Crippen LogP contribution < -0.4 is 4.90 Å². The first kappa shape index (κ1) is 12.2. The lowest BCUT2D eigenvalue weighted by atomic mass is 10.0. The van der Waals surface area contributed by atoms with Gasteiger partial charge in [-0.05, 0) is 30.0 Å². The van der Waals surface area contributed by atoms with E-state index < -0.39 is 5.97 Å². The minimum atomic E-state index is -0.899. The van der Waals surface area contributed by atoms with E-state index >= 15 is 0 Å². The van der Waals surface area contributed by atoms with Crippen LogP contribution in [0.2, 0.25) is 5.02 Å². The zero-order valence-corrected chi connectivity index (χ0v) is 10.7. The fraction of sp³-hybridized carbons (Fsp3) is 0.462. The van der Waals surface area contributed by atoms with E-state index in [2.05, 4.69) is 18.7 Å². The summed E-state index contributed by atoms with van der Waals surface area (Å²) in [4.78, 5) is 13.3. The van der Waals surface area contributed by atoms with E-state index in [1.165, 1.54) is 0 Å². The van der Waals surface area contributed by atoms with Gasteiger partial charge in [-0.1, -0.05) is 25.4 Å². The first-order valence-electron chi connectivity index (χ1n) is 5.77. The quantitative estimate of drug-likeness (QED) is 0.880. The summed E-state index contributed by atoms with van der Waals surface area (Å²) in [5, 5.41) is 9.76. The van der Waals surface area contributed by atoms with Crippen molar-refractivity contribution in [3.63, 3.8) is 0 Å². The second-order valence-electron chi connectivity index (χ2n) is 4.83. The summed E-state index contributed by atoms with van der Waals surface area (Å²) in [5.74, 6) is 0.259. The highest BCUT2D eigenvalue weighted by Crippen LogP contribution is 2.32. The number of rotatable bonds is 2. The van der Waals surface area contributed by atoms with Crippen LogP contribution in [0.4, 0.5) is 5.69 Å². The van der Waals surface area contributed by atoms with Gasteiger partial charge in [0.25, 0.3) is 0 Å². The van der Waals surface area contributed by atoms with Crippen LogP contribution in [0.15, 0.2) is 18.2 Å². The van der Waals surface area contributed by atoms with Crippen LogP contribution in [0.1, 0.15) is 24.2 Å². The zero-order chi connectivity index (χ0) is 12.6. The maximum Gasteiger partial charge on any atom is 0.337 e. The van der Waals surface area contributed by atoms with E-state index in [-0.39, 0.29) is 0 Å². The first-order chi connectivity index (χ1) is 7.99. The molecule has 2 rings (SSSR count). The van der Waals surface area contributed by atoms with Crippen molar-refractivity contribution in [3.05, 3.63) is 28.8 Å². The Kier molecular flexibility index (Phi) is 3.29. The van der Waals surface area contributed by atoms with Gasteiger partial charge in [0, 0.05) is 18.1 Å². The molecule has 0 radical (unpaired) electrons. The average Bonchev–Trinajstić information content (AvgIpc) is 2.58. The highest BCUT2D eigenvalue weighted by atomic mass is 35.5. The molecule has 1 aromatic rings. The summed E-state index contributed by atoms with van der Waals surface area (Å²) in [5.41, 5.74) is 1.07. The Morgan fingerprint density at radius 3 is 2.47 bits per heavy atom. The number of carboxylic acid groups (broad SMARTS) is 1. The van der Waals surface area contributed by atoms with Crippen LogP contribution in [0.3, 0.4) is 0 Å². The van der Waals surface area contributed by atoms with E-state index in [0.717, 1.165) is 18.8 Å². The van der Waals surface area contributed by atoms with Gasteiger partial charge in [0.1, 0.15) is 0 Å². The van der Waals surface area contributed by atoms with Crippen molar-refractivity contribution in [2.24, 2.45) is 11.8 Å². The van der Waals surface area contributed by atoms with Crippen molar-refractivity contribution in [3.8, 4) is 0 Å². The Labute approximate surface area is 106 Å². The van der Waals surface area contributed by atoms with Crippen molar-refractivity contribution in [2.75, 3.05) is 18.0 Å². The summed E-state index contributed by atoms with van der Waals surface area (Å²) >= 11 is 5.95. The number of nitrogens with zero attached hydrogens (tertiary/aromatic N) is 1. The van der Waals surface area contributed by atoms with Crippen LogP contribution in [-0.4, -0.2) is 24.2 Å². The van der Waals surface area contributed by atoms with Crippen LogP contribution in [0.25, 0.3) is 0 Å². The molecule has 1 heterocycles. The molecule has 1 aliphatic heterocycles. The van der Waals surface area contributed by atoms with E-state index in [4.69, 9.17) is 11.6 Å². The molecule has 2 unspecified atom stereocenters. The number of carbonyl (C=O) groups is 1. The number of hydrogen-bond acceptors (Lipinski definition) is 2. The summed E-state index contributed by atoms with van der Waals surface area (Å²) in [7, 11) is 0. The van der Waals surface area contributed by atoms with Gasteiger partial charge in [0.15, 0.2) is 0 Å². The fourth-order valence-corrected chi connectivity index (χ4v) is 2.44. The van der Waals surface area contributed by atoms with Crippen LogP contribution in [-0.2, 0) is 0 Å². The van der Waals surface area contributed by atoms with E-state index in [1.54, 1.807) is 18.2 Å². The van der Waals surface area contributed by atoms with Gasteiger partial charge in [0.2, 0.25) is 0 Å². The Balaban J connectivity index is 2.37. The summed E-state index contributed by atoms with van der Waals surface area (Å²) < 4.78 is 0. The predicted octanol–water partition coefficient (Wildman–Crippen LogP) is 3.13. The van der Waals surface area contributed by atoms with Crippen molar-refractivity contribution < 1.29 is 9.90 Å². The molecule has 4 heteroatoms. The molecule has 1 aromatic carbocycles. The van der Waals surface area contributed by atoms with Gasteiger partial charge >= 0.3 is 5.97 Å². The molecule has 1 aliphatic rings. The van der Waals surface area contributed by atoms with E-state index in [9.17, 15) is 9.90 Å². The van der Waals surface area contributed by atoms with Crippen molar-refractivity contribution >= 4 is 23.3 Å². The highest BCUT2D eigenvalue weighted by Gasteiger charge is 2.28. The Morgan fingerprint density at radius 2 is 1.94 bits per heavy atom. The molecule has 2 atom stereocenters. The number of aromatic carboxylic acids is 1. The molecule has 3 nitrogen and oxygen atoms in total. The Morgan fingerprint density at radius 1 is 1.35 bits per heavy atom. The highest BCUT2D eigenvalue weighted by molar-refractivity contribution is 6.31. The SMILES string of the molecule is CC1CN(c2cc(Cl)ccc2C(=O)O)CC1C. The molecule has 1 saturated heterocycles. The number of hydrogen-bond donors (Lipinski definition) is 1. The average molecular weight is 254 g/mol. The lowest BCUT2D eigenvalue weighted by molar-refractivity contribution is 0.0697.